The molecule has 0 spiro atoms. The van der Waals surface area contributed by atoms with Gasteiger partial charge >= 0.3 is 0 Å². The van der Waals surface area contributed by atoms with E-state index in [0.29, 0.717) is 16.8 Å². The van der Waals surface area contributed by atoms with E-state index < -0.39 is 23.3 Å². The molecule has 1 saturated heterocycles. The fourth-order valence-electron chi connectivity index (χ4n) is 5.99. The summed E-state index contributed by atoms with van der Waals surface area (Å²) < 4.78 is 0. The number of hydrogen-bond donors (Lipinski definition) is 0. The Morgan fingerprint density at radius 1 is 0.839 bits per heavy atom. The lowest BCUT2D eigenvalue weighted by Crippen LogP contribution is -2.57. The van der Waals surface area contributed by atoms with Crippen LogP contribution in [-0.2, 0) is 15.1 Å². The molecule has 0 unspecified atom stereocenters. The van der Waals surface area contributed by atoms with E-state index in [1.54, 1.807) is 36.4 Å². The van der Waals surface area contributed by atoms with E-state index in [0.717, 1.165) is 21.6 Å². The predicted molar refractivity (Wildman–Crippen MR) is 113 cm³/mol. The Hall–Kier alpha value is -3.80. The molecule has 1 heterocycles. The highest BCUT2D eigenvalue weighted by molar-refractivity contribution is 6.23. The average molecular weight is 410 g/mol. The third-order valence-electron chi connectivity index (χ3n) is 7.15. The van der Waals surface area contributed by atoms with Crippen LogP contribution < -0.4 is 4.90 Å². The number of benzene rings is 3. The van der Waals surface area contributed by atoms with Crippen LogP contribution in [0.1, 0.15) is 33.7 Å². The monoisotopic (exact) mass is 410 g/mol. The second kappa shape index (κ2) is 5.88. The molecule has 6 heteroatoms. The SMILES string of the molecule is Cc1ccc(N2C(=O)[C@@H]3C4c5ccccc5C([N+](=O)[O-])(c5ccccc54)[C@@H]3C2=O)cc1. The molecule has 2 atom stereocenters. The largest absolute Gasteiger partial charge is 0.285 e. The number of nitro groups is 1. The third kappa shape index (κ3) is 1.97. The number of hydrogen-bond acceptors (Lipinski definition) is 4. The summed E-state index contributed by atoms with van der Waals surface area (Å²) in [6, 6.07) is 21.5. The van der Waals surface area contributed by atoms with Gasteiger partial charge in [0.25, 0.3) is 5.54 Å². The van der Waals surface area contributed by atoms with Crippen LogP contribution in [0.25, 0.3) is 0 Å². The summed E-state index contributed by atoms with van der Waals surface area (Å²) in [5.41, 5.74) is 2.27. The molecule has 3 aliphatic carbocycles. The van der Waals surface area contributed by atoms with Gasteiger partial charge in [-0.3, -0.25) is 19.7 Å². The van der Waals surface area contributed by atoms with Crippen molar-refractivity contribution >= 4 is 17.5 Å². The minimum absolute atomic E-state index is 0.346. The summed E-state index contributed by atoms with van der Waals surface area (Å²) in [6.07, 6.45) is 0. The first-order valence-electron chi connectivity index (χ1n) is 10.3. The van der Waals surface area contributed by atoms with Gasteiger partial charge in [-0.2, -0.15) is 0 Å². The quantitative estimate of drug-likeness (QED) is 0.366. The first-order valence-corrected chi connectivity index (χ1v) is 10.3. The molecule has 6 nitrogen and oxygen atoms in total. The van der Waals surface area contributed by atoms with Gasteiger partial charge in [0, 0.05) is 22.0 Å². The summed E-state index contributed by atoms with van der Waals surface area (Å²) in [5.74, 6) is -3.12. The molecule has 2 bridgehead atoms. The summed E-state index contributed by atoms with van der Waals surface area (Å²) in [5, 5.41) is 12.9. The number of carbonyl (C=O) groups excluding carboxylic acids is 2. The minimum atomic E-state index is -1.78. The minimum Gasteiger partial charge on any atom is -0.274 e. The van der Waals surface area contributed by atoms with Crippen LogP contribution in [0.15, 0.2) is 72.8 Å². The van der Waals surface area contributed by atoms with Gasteiger partial charge in [0.15, 0.2) is 0 Å². The number of nitrogens with zero attached hydrogens (tertiary/aromatic N) is 2. The molecule has 1 fully saturated rings. The summed E-state index contributed by atoms with van der Waals surface area (Å²) >= 11 is 0. The van der Waals surface area contributed by atoms with Crippen LogP contribution in [0, 0.1) is 28.9 Å². The maximum atomic E-state index is 13.8. The summed E-state index contributed by atoms with van der Waals surface area (Å²) in [6.45, 7) is 1.92. The second-order valence-electron chi connectivity index (χ2n) is 8.53. The first-order chi connectivity index (χ1) is 15.0. The van der Waals surface area contributed by atoms with Crippen LogP contribution in [0.5, 0.6) is 0 Å². The molecule has 4 aliphatic rings. The van der Waals surface area contributed by atoms with Crippen molar-refractivity contribution in [3.63, 3.8) is 0 Å². The fourth-order valence-corrected chi connectivity index (χ4v) is 5.99. The molecular formula is C25H18N2O4. The van der Waals surface area contributed by atoms with Crippen molar-refractivity contribution in [2.45, 2.75) is 18.4 Å². The normalized spacial score (nSPS) is 27.6. The Labute approximate surface area is 178 Å². The molecular weight excluding hydrogens is 392 g/mol. The molecule has 0 N–H and O–H groups in total. The van der Waals surface area contributed by atoms with E-state index in [-0.39, 0.29) is 16.7 Å². The van der Waals surface area contributed by atoms with Crippen LogP contribution >= 0.6 is 0 Å². The van der Waals surface area contributed by atoms with Crippen LogP contribution in [0.3, 0.4) is 0 Å². The highest BCUT2D eigenvalue weighted by atomic mass is 16.6. The van der Waals surface area contributed by atoms with Gasteiger partial charge in [-0.1, -0.05) is 66.2 Å². The smallest absolute Gasteiger partial charge is 0.274 e. The zero-order valence-corrected chi connectivity index (χ0v) is 16.7. The molecule has 0 saturated carbocycles. The summed E-state index contributed by atoms with van der Waals surface area (Å²) in [4.78, 5) is 41.1. The van der Waals surface area contributed by atoms with E-state index in [4.69, 9.17) is 0 Å². The Balaban J connectivity index is 1.67. The number of rotatable bonds is 2. The van der Waals surface area contributed by atoms with E-state index in [2.05, 4.69) is 0 Å². The van der Waals surface area contributed by atoms with Crippen molar-refractivity contribution in [1.82, 2.24) is 0 Å². The molecule has 3 aromatic carbocycles. The van der Waals surface area contributed by atoms with Crippen molar-refractivity contribution < 1.29 is 14.5 Å². The van der Waals surface area contributed by atoms with E-state index in [1.165, 1.54) is 0 Å². The topological polar surface area (TPSA) is 80.5 Å². The van der Waals surface area contributed by atoms with Gasteiger partial charge in [-0.25, -0.2) is 4.90 Å². The van der Waals surface area contributed by atoms with Crippen molar-refractivity contribution in [1.29, 1.82) is 0 Å². The molecule has 0 radical (unpaired) electrons. The summed E-state index contributed by atoms with van der Waals surface area (Å²) in [7, 11) is 0. The van der Waals surface area contributed by atoms with Gasteiger partial charge in [-0.05, 0) is 30.2 Å². The van der Waals surface area contributed by atoms with Crippen molar-refractivity contribution in [3.05, 3.63) is 111 Å². The zero-order chi connectivity index (χ0) is 21.5. The van der Waals surface area contributed by atoms with Gasteiger partial charge in [0.1, 0.15) is 5.92 Å². The lowest BCUT2D eigenvalue weighted by molar-refractivity contribution is -0.578. The third-order valence-corrected chi connectivity index (χ3v) is 7.15. The van der Waals surface area contributed by atoms with Crippen molar-refractivity contribution in [3.8, 4) is 0 Å². The van der Waals surface area contributed by atoms with E-state index in [1.807, 2.05) is 43.3 Å². The number of carbonyl (C=O) groups is 2. The van der Waals surface area contributed by atoms with Gasteiger partial charge in [0.05, 0.1) is 11.6 Å². The lowest BCUT2D eigenvalue weighted by atomic mass is 9.51. The maximum absolute atomic E-state index is 13.8. The Kier molecular flexibility index (Phi) is 3.41. The van der Waals surface area contributed by atoms with Crippen molar-refractivity contribution in [2.75, 3.05) is 4.90 Å². The van der Waals surface area contributed by atoms with Crippen LogP contribution in [-0.4, -0.2) is 16.7 Å². The highest BCUT2D eigenvalue weighted by Crippen LogP contribution is 2.64. The van der Waals surface area contributed by atoms with Gasteiger partial charge in [-0.15, -0.1) is 0 Å². The standard InChI is InChI=1S/C25H18N2O4/c1-14-10-12-15(13-11-14)26-23(28)21-20-16-6-2-4-8-18(16)25(27(30)31,22(21)24(26)29)19-9-5-3-7-17(19)20/h2-13,20-22H,1H3/t20?,21-,22+,25?/m1/s1. The van der Waals surface area contributed by atoms with E-state index >= 15 is 0 Å². The number of anilines is 1. The maximum Gasteiger partial charge on any atom is 0.285 e. The van der Waals surface area contributed by atoms with Crippen molar-refractivity contribution in [2.24, 2.45) is 11.8 Å². The average Bonchev–Trinajstić information content (AvgIpc) is 3.05. The van der Waals surface area contributed by atoms with Gasteiger partial charge < -0.3 is 0 Å². The molecule has 7 rings (SSSR count). The molecule has 152 valence electrons. The molecule has 2 amide bonds. The second-order valence-corrected chi connectivity index (χ2v) is 8.53. The highest BCUT2D eigenvalue weighted by Gasteiger charge is 2.74. The Bertz CT molecular complexity index is 1250. The van der Waals surface area contributed by atoms with Crippen LogP contribution in [0.4, 0.5) is 5.69 Å². The Morgan fingerprint density at radius 3 is 1.94 bits per heavy atom. The number of imide groups is 1. The molecule has 31 heavy (non-hydrogen) atoms. The fraction of sp³-hybridized carbons (Fsp3) is 0.200. The lowest BCUT2D eigenvalue weighted by Gasteiger charge is -2.48. The van der Waals surface area contributed by atoms with Crippen LogP contribution in [0.2, 0.25) is 0 Å². The molecule has 3 aromatic rings. The predicted octanol–water partition coefficient (Wildman–Crippen LogP) is 3.78. The van der Waals surface area contributed by atoms with E-state index in [9.17, 15) is 19.7 Å². The molecule has 1 aliphatic heterocycles. The molecule has 0 aromatic heterocycles. The zero-order valence-electron chi connectivity index (χ0n) is 16.7. The first kappa shape index (κ1) is 18.0. The Morgan fingerprint density at radius 2 is 1.39 bits per heavy atom. The number of amides is 2. The number of aryl methyl sites for hydroxylation is 1. The van der Waals surface area contributed by atoms with Gasteiger partial charge in [0.2, 0.25) is 11.8 Å².